The topological polar surface area (TPSA) is 37.3 Å². The number of hydrogen-bond acceptors (Lipinski definition) is 1. The van der Waals surface area contributed by atoms with Crippen molar-refractivity contribution >= 4 is 5.97 Å². The van der Waals surface area contributed by atoms with E-state index < -0.39 is 5.97 Å². The molecule has 0 amide bonds. The SMILES string of the molecule is CCC(C)CCCC(C)CC(C)C(=O)O. The standard InChI is InChI=1S/C13H26O2/c1-5-10(2)7-6-8-11(3)9-12(4)13(14)15/h10-12H,5-9H2,1-4H3,(H,14,15). The third-order valence-corrected chi connectivity index (χ3v) is 3.27. The van der Waals surface area contributed by atoms with Crippen molar-refractivity contribution in [3.63, 3.8) is 0 Å². The monoisotopic (exact) mass is 214 g/mol. The smallest absolute Gasteiger partial charge is 0.306 e. The third kappa shape index (κ3) is 7.40. The van der Waals surface area contributed by atoms with Crippen molar-refractivity contribution in [2.45, 2.75) is 59.8 Å². The molecule has 2 nitrogen and oxygen atoms in total. The number of carboxylic acids is 1. The first-order valence-corrected chi connectivity index (χ1v) is 6.20. The van der Waals surface area contributed by atoms with Gasteiger partial charge in [-0.05, 0) is 18.3 Å². The van der Waals surface area contributed by atoms with E-state index >= 15 is 0 Å². The highest BCUT2D eigenvalue weighted by atomic mass is 16.4. The molecule has 0 rings (SSSR count). The van der Waals surface area contributed by atoms with Crippen molar-refractivity contribution in [2.75, 3.05) is 0 Å². The first kappa shape index (κ1) is 14.5. The molecule has 0 bridgehead atoms. The summed E-state index contributed by atoms with van der Waals surface area (Å²) in [6, 6.07) is 0. The maximum Gasteiger partial charge on any atom is 0.306 e. The van der Waals surface area contributed by atoms with Gasteiger partial charge in [0.1, 0.15) is 0 Å². The highest BCUT2D eigenvalue weighted by Crippen LogP contribution is 2.20. The lowest BCUT2D eigenvalue weighted by molar-refractivity contribution is -0.141. The van der Waals surface area contributed by atoms with E-state index in [1.54, 1.807) is 6.92 Å². The fourth-order valence-corrected chi connectivity index (χ4v) is 1.84. The minimum Gasteiger partial charge on any atom is -0.481 e. The van der Waals surface area contributed by atoms with Crippen molar-refractivity contribution in [3.05, 3.63) is 0 Å². The van der Waals surface area contributed by atoms with Gasteiger partial charge in [-0.2, -0.15) is 0 Å². The first-order chi connectivity index (χ1) is 6.97. The van der Waals surface area contributed by atoms with Gasteiger partial charge >= 0.3 is 5.97 Å². The van der Waals surface area contributed by atoms with Crippen molar-refractivity contribution in [1.82, 2.24) is 0 Å². The van der Waals surface area contributed by atoms with E-state index in [2.05, 4.69) is 20.8 Å². The summed E-state index contributed by atoms with van der Waals surface area (Å²) in [5.74, 6) is 0.502. The number of hydrogen-bond donors (Lipinski definition) is 1. The average molecular weight is 214 g/mol. The Hall–Kier alpha value is -0.530. The highest BCUT2D eigenvalue weighted by Gasteiger charge is 2.14. The van der Waals surface area contributed by atoms with Gasteiger partial charge in [-0.15, -0.1) is 0 Å². The van der Waals surface area contributed by atoms with Gasteiger partial charge in [0.25, 0.3) is 0 Å². The molecule has 0 aromatic rings. The summed E-state index contributed by atoms with van der Waals surface area (Å²) in [6.07, 6.45) is 5.75. The first-order valence-electron chi connectivity index (χ1n) is 6.20. The van der Waals surface area contributed by atoms with Crippen LogP contribution in [0.15, 0.2) is 0 Å². The summed E-state index contributed by atoms with van der Waals surface area (Å²) >= 11 is 0. The van der Waals surface area contributed by atoms with Crippen LogP contribution in [0.2, 0.25) is 0 Å². The zero-order valence-electron chi connectivity index (χ0n) is 10.6. The predicted molar refractivity (Wildman–Crippen MR) is 63.9 cm³/mol. The molecule has 1 N–H and O–H groups in total. The van der Waals surface area contributed by atoms with Gasteiger partial charge in [0, 0.05) is 0 Å². The molecule has 0 spiro atoms. The molecule has 0 heterocycles. The van der Waals surface area contributed by atoms with Gasteiger partial charge in [-0.25, -0.2) is 0 Å². The second-order valence-corrected chi connectivity index (χ2v) is 5.02. The maximum absolute atomic E-state index is 10.7. The molecular weight excluding hydrogens is 188 g/mol. The largest absolute Gasteiger partial charge is 0.481 e. The van der Waals surface area contributed by atoms with Crippen LogP contribution >= 0.6 is 0 Å². The third-order valence-electron chi connectivity index (χ3n) is 3.27. The summed E-state index contributed by atoms with van der Waals surface area (Å²) in [4.78, 5) is 10.7. The molecule has 90 valence electrons. The molecule has 0 aliphatic heterocycles. The normalized spacial score (nSPS) is 17.1. The van der Waals surface area contributed by atoms with Crippen LogP contribution in [-0.2, 0) is 4.79 Å². The van der Waals surface area contributed by atoms with Crippen LogP contribution in [0.1, 0.15) is 59.8 Å². The van der Waals surface area contributed by atoms with Crippen LogP contribution in [0, 0.1) is 17.8 Å². The molecule has 0 radical (unpaired) electrons. The Morgan fingerprint density at radius 2 is 1.67 bits per heavy atom. The molecule has 2 heteroatoms. The second kappa shape index (κ2) is 7.72. The Balaban J connectivity index is 3.57. The molecule has 3 unspecified atom stereocenters. The van der Waals surface area contributed by atoms with E-state index in [4.69, 9.17) is 5.11 Å². The second-order valence-electron chi connectivity index (χ2n) is 5.02. The van der Waals surface area contributed by atoms with Gasteiger partial charge in [0.05, 0.1) is 5.92 Å². The Morgan fingerprint density at radius 1 is 1.13 bits per heavy atom. The van der Waals surface area contributed by atoms with Crippen molar-refractivity contribution in [1.29, 1.82) is 0 Å². The van der Waals surface area contributed by atoms with Gasteiger partial charge in [-0.3, -0.25) is 4.79 Å². The molecule has 15 heavy (non-hydrogen) atoms. The summed E-state index contributed by atoms with van der Waals surface area (Å²) < 4.78 is 0. The Labute approximate surface area is 94.1 Å². The zero-order valence-corrected chi connectivity index (χ0v) is 10.6. The molecule has 0 aromatic carbocycles. The predicted octanol–water partition coefficient (Wildman–Crippen LogP) is 3.95. The molecular formula is C13H26O2. The minimum absolute atomic E-state index is 0.191. The minimum atomic E-state index is -0.663. The molecule has 0 aliphatic carbocycles. The van der Waals surface area contributed by atoms with Crippen molar-refractivity contribution in [2.24, 2.45) is 17.8 Å². The van der Waals surface area contributed by atoms with E-state index in [9.17, 15) is 4.79 Å². The molecule has 0 fully saturated rings. The molecule has 0 aromatic heterocycles. The Kier molecular flexibility index (Phi) is 7.45. The van der Waals surface area contributed by atoms with Gasteiger partial charge in [-0.1, -0.05) is 53.4 Å². The lowest BCUT2D eigenvalue weighted by atomic mass is 9.91. The number of aliphatic carboxylic acids is 1. The van der Waals surface area contributed by atoms with Gasteiger partial charge in [0.2, 0.25) is 0 Å². The fraction of sp³-hybridized carbons (Fsp3) is 0.923. The van der Waals surface area contributed by atoms with Crippen LogP contribution < -0.4 is 0 Å². The van der Waals surface area contributed by atoms with E-state index in [-0.39, 0.29) is 5.92 Å². The lowest BCUT2D eigenvalue weighted by Crippen LogP contribution is -2.13. The van der Waals surface area contributed by atoms with Crippen LogP contribution in [0.5, 0.6) is 0 Å². The summed E-state index contributed by atoms with van der Waals surface area (Å²) in [7, 11) is 0. The number of rotatable bonds is 8. The quantitative estimate of drug-likeness (QED) is 0.664. The summed E-state index contributed by atoms with van der Waals surface area (Å²) in [5.41, 5.74) is 0. The summed E-state index contributed by atoms with van der Waals surface area (Å²) in [5, 5.41) is 8.78. The Morgan fingerprint density at radius 3 is 2.13 bits per heavy atom. The molecule has 3 atom stereocenters. The van der Waals surface area contributed by atoms with E-state index in [0.29, 0.717) is 5.92 Å². The van der Waals surface area contributed by atoms with Crippen molar-refractivity contribution < 1.29 is 9.90 Å². The maximum atomic E-state index is 10.7. The van der Waals surface area contributed by atoms with E-state index in [1.807, 2.05) is 0 Å². The average Bonchev–Trinajstić information content (AvgIpc) is 2.17. The van der Waals surface area contributed by atoms with Crippen LogP contribution in [-0.4, -0.2) is 11.1 Å². The number of carboxylic acid groups (broad SMARTS) is 1. The van der Waals surface area contributed by atoms with Crippen LogP contribution in [0.4, 0.5) is 0 Å². The molecule has 0 aliphatic rings. The van der Waals surface area contributed by atoms with Gasteiger partial charge < -0.3 is 5.11 Å². The van der Waals surface area contributed by atoms with Crippen LogP contribution in [0.25, 0.3) is 0 Å². The fourth-order valence-electron chi connectivity index (χ4n) is 1.84. The molecule has 0 saturated carbocycles. The number of carbonyl (C=O) groups is 1. The molecule has 0 saturated heterocycles. The van der Waals surface area contributed by atoms with Gasteiger partial charge in [0.15, 0.2) is 0 Å². The Bertz CT molecular complexity index is 177. The van der Waals surface area contributed by atoms with E-state index in [0.717, 1.165) is 12.3 Å². The van der Waals surface area contributed by atoms with Crippen LogP contribution in [0.3, 0.4) is 0 Å². The zero-order chi connectivity index (χ0) is 11.8. The lowest BCUT2D eigenvalue weighted by Gasteiger charge is -2.15. The summed E-state index contributed by atoms with van der Waals surface area (Å²) in [6.45, 7) is 8.47. The highest BCUT2D eigenvalue weighted by molar-refractivity contribution is 5.69. The van der Waals surface area contributed by atoms with Crippen molar-refractivity contribution in [3.8, 4) is 0 Å². The van der Waals surface area contributed by atoms with E-state index in [1.165, 1.54) is 25.7 Å².